The van der Waals surface area contributed by atoms with Crippen LogP contribution in [-0.2, 0) is 19.4 Å². The van der Waals surface area contributed by atoms with Crippen LogP contribution in [0.15, 0.2) is 6.07 Å². The van der Waals surface area contributed by atoms with Gasteiger partial charge in [0.25, 0.3) is 0 Å². The van der Waals surface area contributed by atoms with E-state index in [9.17, 15) is 0 Å². The minimum absolute atomic E-state index is 0.566. The summed E-state index contributed by atoms with van der Waals surface area (Å²) >= 11 is 0. The number of nitrogens with one attached hydrogen (secondary N) is 1. The van der Waals surface area contributed by atoms with Gasteiger partial charge in [0.1, 0.15) is 5.82 Å². The quantitative estimate of drug-likeness (QED) is 0.710. The molecular formula is C10H15N3. The number of fused-ring (bicyclic) bond motifs is 1. The standard InChI is InChI=1S/C10H15N3/c1-12-10-8(6-11)5-7-3-2-4-9(7)13-10/h5H,2-4,6,11H2,1H3,(H,12,13). The monoisotopic (exact) mass is 177 g/mol. The van der Waals surface area contributed by atoms with Gasteiger partial charge < -0.3 is 11.1 Å². The van der Waals surface area contributed by atoms with E-state index in [2.05, 4.69) is 16.4 Å². The highest BCUT2D eigenvalue weighted by Gasteiger charge is 2.14. The van der Waals surface area contributed by atoms with Gasteiger partial charge in [0.05, 0.1) is 0 Å². The summed E-state index contributed by atoms with van der Waals surface area (Å²) in [7, 11) is 1.89. The second-order valence-electron chi connectivity index (χ2n) is 3.41. The number of hydrogen-bond acceptors (Lipinski definition) is 3. The van der Waals surface area contributed by atoms with Crippen LogP contribution in [0.2, 0.25) is 0 Å². The topological polar surface area (TPSA) is 50.9 Å². The van der Waals surface area contributed by atoms with Gasteiger partial charge in [-0.3, -0.25) is 0 Å². The van der Waals surface area contributed by atoms with Gasteiger partial charge in [-0.05, 0) is 30.9 Å². The zero-order valence-corrected chi connectivity index (χ0v) is 7.93. The van der Waals surface area contributed by atoms with Crippen LogP contribution >= 0.6 is 0 Å². The Kier molecular flexibility index (Phi) is 2.19. The van der Waals surface area contributed by atoms with Crippen LogP contribution in [0, 0.1) is 0 Å². The molecule has 1 aliphatic rings. The average molecular weight is 177 g/mol. The number of aryl methyl sites for hydroxylation is 2. The van der Waals surface area contributed by atoms with Crippen molar-refractivity contribution in [2.75, 3.05) is 12.4 Å². The summed E-state index contributed by atoms with van der Waals surface area (Å²) in [6.07, 6.45) is 3.52. The third-order valence-corrected chi connectivity index (χ3v) is 2.59. The molecule has 3 nitrogen and oxygen atoms in total. The Morgan fingerprint density at radius 2 is 2.38 bits per heavy atom. The van der Waals surface area contributed by atoms with E-state index in [1.54, 1.807) is 0 Å². The van der Waals surface area contributed by atoms with Crippen molar-refractivity contribution < 1.29 is 0 Å². The van der Waals surface area contributed by atoms with Gasteiger partial charge in [0.2, 0.25) is 0 Å². The largest absolute Gasteiger partial charge is 0.373 e. The van der Waals surface area contributed by atoms with Gasteiger partial charge in [-0.15, -0.1) is 0 Å². The van der Waals surface area contributed by atoms with Crippen LogP contribution in [0.1, 0.15) is 23.2 Å². The molecule has 0 bridgehead atoms. The SMILES string of the molecule is CNc1nc2c(cc1CN)CCC2. The van der Waals surface area contributed by atoms with Crippen molar-refractivity contribution in [3.8, 4) is 0 Å². The fraction of sp³-hybridized carbons (Fsp3) is 0.500. The number of rotatable bonds is 2. The molecule has 0 fully saturated rings. The zero-order valence-electron chi connectivity index (χ0n) is 7.93. The molecule has 1 aromatic rings. The number of pyridine rings is 1. The maximum absolute atomic E-state index is 5.64. The number of nitrogens with zero attached hydrogens (tertiary/aromatic N) is 1. The lowest BCUT2D eigenvalue weighted by Gasteiger charge is -2.08. The summed E-state index contributed by atoms with van der Waals surface area (Å²) in [5, 5.41) is 3.09. The molecule has 1 aromatic heterocycles. The van der Waals surface area contributed by atoms with Crippen molar-refractivity contribution in [2.24, 2.45) is 5.73 Å². The molecule has 0 amide bonds. The van der Waals surface area contributed by atoms with E-state index >= 15 is 0 Å². The van der Waals surface area contributed by atoms with Crippen LogP contribution in [0.3, 0.4) is 0 Å². The predicted octanol–water partition coefficient (Wildman–Crippen LogP) is 1.07. The van der Waals surface area contributed by atoms with Gasteiger partial charge in [-0.1, -0.05) is 0 Å². The van der Waals surface area contributed by atoms with Gasteiger partial charge in [0.15, 0.2) is 0 Å². The molecular weight excluding hydrogens is 162 g/mol. The number of hydrogen-bond donors (Lipinski definition) is 2. The van der Waals surface area contributed by atoms with Gasteiger partial charge in [-0.25, -0.2) is 4.98 Å². The van der Waals surface area contributed by atoms with Crippen LogP contribution in [0.5, 0.6) is 0 Å². The summed E-state index contributed by atoms with van der Waals surface area (Å²) in [4.78, 5) is 4.55. The Morgan fingerprint density at radius 1 is 1.54 bits per heavy atom. The Bertz CT molecular complexity index is 289. The molecule has 70 valence electrons. The number of nitrogens with two attached hydrogens (primary N) is 1. The molecule has 0 saturated heterocycles. The molecule has 1 aliphatic carbocycles. The van der Waals surface area contributed by atoms with Gasteiger partial charge in [-0.2, -0.15) is 0 Å². The van der Waals surface area contributed by atoms with Crippen molar-refractivity contribution in [3.05, 3.63) is 22.9 Å². The molecule has 0 spiro atoms. The molecule has 0 atom stereocenters. The molecule has 0 unspecified atom stereocenters. The highest BCUT2D eigenvalue weighted by Crippen LogP contribution is 2.24. The van der Waals surface area contributed by atoms with Gasteiger partial charge >= 0.3 is 0 Å². The highest BCUT2D eigenvalue weighted by atomic mass is 15.0. The van der Waals surface area contributed by atoms with E-state index in [1.165, 1.54) is 24.1 Å². The summed E-state index contributed by atoms with van der Waals surface area (Å²) in [6.45, 7) is 0.566. The lowest BCUT2D eigenvalue weighted by atomic mass is 10.1. The first kappa shape index (κ1) is 8.51. The van der Waals surface area contributed by atoms with Crippen molar-refractivity contribution >= 4 is 5.82 Å². The Morgan fingerprint density at radius 3 is 3.08 bits per heavy atom. The predicted molar refractivity (Wildman–Crippen MR) is 53.7 cm³/mol. The van der Waals surface area contributed by atoms with E-state index in [-0.39, 0.29) is 0 Å². The molecule has 1 heterocycles. The van der Waals surface area contributed by atoms with Crippen molar-refractivity contribution in [1.29, 1.82) is 0 Å². The summed E-state index contributed by atoms with van der Waals surface area (Å²) in [6, 6.07) is 2.20. The normalized spacial score (nSPS) is 14.3. The third-order valence-electron chi connectivity index (χ3n) is 2.59. The minimum Gasteiger partial charge on any atom is -0.373 e. The second-order valence-corrected chi connectivity index (χ2v) is 3.41. The average Bonchev–Trinajstić information content (AvgIpc) is 2.62. The minimum atomic E-state index is 0.566. The van der Waals surface area contributed by atoms with Crippen LogP contribution in [0.4, 0.5) is 5.82 Å². The second kappa shape index (κ2) is 3.34. The molecule has 2 rings (SSSR count). The third kappa shape index (κ3) is 1.40. The molecule has 0 aromatic carbocycles. The first-order valence-electron chi connectivity index (χ1n) is 4.74. The van der Waals surface area contributed by atoms with E-state index in [1.807, 2.05) is 7.05 Å². The van der Waals surface area contributed by atoms with E-state index in [4.69, 9.17) is 5.73 Å². The first-order chi connectivity index (χ1) is 6.35. The highest BCUT2D eigenvalue weighted by molar-refractivity contribution is 5.48. The maximum Gasteiger partial charge on any atom is 0.130 e. The molecule has 13 heavy (non-hydrogen) atoms. The van der Waals surface area contributed by atoms with Crippen molar-refractivity contribution in [1.82, 2.24) is 4.98 Å². The van der Waals surface area contributed by atoms with Crippen LogP contribution in [-0.4, -0.2) is 12.0 Å². The lowest BCUT2D eigenvalue weighted by molar-refractivity contribution is 0.899. The van der Waals surface area contributed by atoms with Crippen LogP contribution in [0.25, 0.3) is 0 Å². The summed E-state index contributed by atoms with van der Waals surface area (Å²) in [5.74, 6) is 0.947. The lowest BCUT2D eigenvalue weighted by Crippen LogP contribution is -2.06. The molecule has 0 saturated carbocycles. The van der Waals surface area contributed by atoms with Crippen LogP contribution < -0.4 is 11.1 Å². The number of aromatic nitrogens is 1. The molecule has 0 radical (unpaired) electrons. The molecule has 3 heteroatoms. The van der Waals surface area contributed by atoms with Gasteiger partial charge in [0, 0.05) is 24.8 Å². The first-order valence-corrected chi connectivity index (χ1v) is 4.74. The maximum atomic E-state index is 5.64. The molecule has 0 aliphatic heterocycles. The van der Waals surface area contributed by atoms with E-state index < -0.39 is 0 Å². The van der Waals surface area contributed by atoms with Crippen molar-refractivity contribution in [3.63, 3.8) is 0 Å². The Balaban J connectivity index is 2.47. The Labute approximate surface area is 78.4 Å². The summed E-state index contributed by atoms with van der Waals surface area (Å²) < 4.78 is 0. The van der Waals surface area contributed by atoms with Crippen molar-refractivity contribution in [2.45, 2.75) is 25.8 Å². The fourth-order valence-corrected chi connectivity index (χ4v) is 1.89. The van der Waals surface area contributed by atoms with E-state index in [0.717, 1.165) is 17.8 Å². The molecule has 3 N–H and O–H groups in total. The summed E-state index contributed by atoms with van der Waals surface area (Å²) in [5.41, 5.74) is 9.41. The smallest absolute Gasteiger partial charge is 0.130 e. The Hall–Kier alpha value is -1.09. The zero-order chi connectivity index (χ0) is 9.26. The fourth-order valence-electron chi connectivity index (χ4n) is 1.89. The number of anilines is 1. The van der Waals surface area contributed by atoms with E-state index in [0.29, 0.717) is 6.54 Å².